The second-order valence-corrected chi connectivity index (χ2v) is 6.37. The van der Waals surface area contributed by atoms with Gasteiger partial charge in [-0.3, -0.25) is 5.10 Å². The normalized spacial score (nSPS) is 10.5. The van der Waals surface area contributed by atoms with Gasteiger partial charge < -0.3 is 19.5 Å². The summed E-state index contributed by atoms with van der Waals surface area (Å²) in [5, 5.41) is 21.0. The summed E-state index contributed by atoms with van der Waals surface area (Å²) < 4.78 is 16.2. The van der Waals surface area contributed by atoms with Crippen LogP contribution in [0.25, 0.3) is 22.2 Å². The Kier molecular flexibility index (Phi) is 5.09. The zero-order valence-electron chi connectivity index (χ0n) is 16.7. The van der Waals surface area contributed by atoms with E-state index in [1.54, 1.807) is 39.5 Å². The van der Waals surface area contributed by atoms with Gasteiger partial charge in [0.05, 0.1) is 21.3 Å². The summed E-state index contributed by atoms with van der Waals surface area (Å²) in [6.45, 7) is 0. The molecule has 30 heavy (non-hydrogen) atoms. The fourth-order valence-electron chi connectivity index (χ4n) is 3.27. The topological polar surface area (TPSA) is 105 Å². The molecule has 4 rings (SSSR count). The lowest BCUT2D eigenvalue weighted by Gasteiger charge is -2.15. The lowest BCUT2D eigenvalue weighted by Crippen LogP contribution is -2.00. The molecule has 0 spiro atoms. The molecule has 0 atom stereocenters. The van der Waals surface area contributed by atoms with Crippen LogP contribution in [0.3, 0.4) is 0 Å². The Balaban J connectivity index is 1.84. The molecule has 2 N–H and O–H groups in total. The largest absolute Gasteiger partial charge is 0.493 e. The molecule has 8 heteroatoms. The third kappa shape index (κ3) is 3.33. The molecule has 0 aliphatic heterocycles. The van der Waals surface area contributed by atoms with Crippen molar-refractivity contribution in [2.24, 2.45) is 0 Å². The minimum absolute atomic E-state index is 0.274. The lowest BCUT2D eigenvalue weighted by atomic mass is 10.1. The molecule has 0 fully saturated rings. The Morgan fingerprint density at radius 1 is 0.967 bits per heavy atom. The number of ether oxygens (including phenoxy) is 3. The molecule has 4 aromatic rings. The third-order valence-electron chi connectivity index (χ3n) is 4.64. The molecule has 0 unspecified atom stereocenters. The smallest absolute Gasteiger partial charge is 0.203 e. The molecule has 2 heterocycles. The Morgan fingerprint density at radius 2 is 1.67 bits per heavy atom. The van der Waals surface area contributed by atoms with Crippen molar-refractivity contribution in [2.45, 2.75) is 0 Å². The van der Waals surface area contributed by atoms with Crippen molar-refractivity contribution >= 4 is 22.4 Å². The van der Waals surface area contributed by atoms with Gasteiger partial charge in [-0.15, -0.1) is 0 Å². The van der Waals surface area contributed by atoms with Crippen molar-refractivity contribution in [2.75, 3.05) is 26.6 Å². The number of pyridine rings is 1. The van der Waals surface area contributed by atoms with Gasteiger partial charge in [0.25, 0.3) is 0 Å². The highest BCUT2D eigenvalue weighted by molar-refractivity contribution is 5.99. The van der Waals surface area contributed by atoms with Gasteiger partial charge in [-0.05, 0) is 6.07 Å². The summed E-state index contributed by atoms with van der Waals surface area (Å²) in [6.07, 6.45) is 0. The Labute approximate surface area is 173 Å². The van der Waals surface area contributed by atoms with E-state index in [-0.39, 0.29) is 5.69 Å². The van der Waals surface area contributed by atoms with Crippen molar-refractivity contribution in [1.29, 1.82) is 5.26 Å². The summed E-state index contributed by atoms with van der Waals surface area (Å²) in [5.74, 6) is 1.96. The number of methoxy groups -OCH3 is 3. The first kappa shape index (κ1) is 19.1. The second-order valence-electron chi connectivity index (χ2n) is 6.37. The first-order chi connectivity index (χ1) is 14.7. The number of nitrogens with zero attached hydrogens (tertiary/aromatic N) is 3. The number of hydrogen-bond donors (Lipinski definition) is 2. The Hall–Kier alpha value is -4.25. The number of aromatic amines is 1. The van der Waals surface area contributed by atoms with E-state index in [9.17, 15) is 5.26 Å². The Bertz CT molecular complexity index is 1220. The molecule has 0 bridgehead atoms. The van der Waals surface area contributed by atoms with Crippen LogP contribution in [0.4, 0.5) is 11.5 Å². The van der Waals surface area contributed by atoms with E-state index in [1.165, 1.54) is 0 Å². The maximum Gasteiger partial charge on any atom is 0.203 e. The number of fused-ring (bicyclic) bond motifs is 1. The van der Waals surface area contributed by atoms with Crippen LogP contribution in [0, 0.1) is 11.3 Å². The van der Waals surface area contributed by atoms with Crippen LogP contribution in [0.2, 0.25) is 0 Å². The van der Waals surface area contributed by atoms with Gasteiger partial charge in [-0.25, -0.2) is 4.98 Å². The number of rotatable bonds is 6. The molecule has 0 radical (unpaired) electrons. The monoisotopic (exact) mass is 401 g/mol. The highest BCUT2D eigenvalue weighted by Crippen LogP contribution is 2.41. The molecule has 0 saturated carbocycles. The molecular weight excluding hydrogens is 382 g/mol. The van der Waals surface area contributed by atoms with Gasteiger partial charge in [0.2, 0.25) is 5.75 Å². The summed E-state index contributed by atoms with van der Waals surface area (Å²) >= 11 is 0. The van der Waals surface area contributed by atoms with Gasteiger partial charge in [0.15, 0.2) is 17.3 Å². The van der Waals surface area contributed by atoms with E-state index < -0.39 is 0 Å². The van der Waals surface area contributed by atoms with Gasteiger partial charge >= 0.3 is 0 Å². The van der Waals surface area contributed by atoms with E-state index in [2.05, 4.69) is 26.6 Å². The maximum atomic E-state index is 9.49. The minimum atomic E-state index is 0.274. The first-order valence-electron chi connectivity index (χ1n) is 9.10. The van der Waals surface area contributed by atoms with Gasteiger partial charge in [-0.2, -0.15) is 10.4 Å². The van der Waals surface area contributed by atoms with Crippen LogP contribution in [-0.4, -0.2) is 36.5 Å². The van der Waals surface area contributed by atoms with E-state index in [0.717, 1.165) is 16.6 Å². The molecule has 2 aromatic carbocycles. The first-order valence-corrected chi connectivity index (χ1v) is 9.10. The zero-order valence-corrected chi connectivity index (χ0v) is 16.7. The van der Waals surface area contributed by atoms with E-state index in [1.807, 2.05) is 30.3 Å². The average Bonchev–Trinajstić information content (AvgIpc) is 3.23. The quantitative estimate of drug-likeness (QED) is 0.497. The van der Waals surface area contributed by atoms with E-state index in [0.29, 0.717) is 34.3 Å². The lowest BCUT2D eigenvalue weighted by molar-refractivity contribution is 0.324. The molecular formula is C22H19N5O3. The van der Waals surface area contributed by atoms with E-state index in [4.69, 9.17) is 14.2 Å². The molecule has 8 nitrogen and oxygen atoms in total. The zero-order chi connectivity index (χ0) is 21.1. The standard InChI is InChI=1S/C22H19N5O3/c1-28-17-10-14(11-18(29-2)21(17)30-3)24-22-20-16(9-15(12-23)25-22)19(26-27-20)13-7-5-4-6-8-13/h4-11H,1-3H3,(H,24,25)(H,26,27). The predicted molar refractivity (Wildman–Crippen MR) is 113 cm³/mol. The van der Waals surface area contributed by atoms with E-state index >= 15 is 0 Å². The fraction of sp³-hybridized carbons (Fsp3) is 0.136. The second kappa shape index (κ2) is 8.01. The number of H-pyrrole nitrogens is 1. The minimum Gasteiger partial charge on any atom is -0.493 e. The predicted octanol–water partition coefficient (Wildman–Crippen LogP) is 4.27. The van der Waals surface area contributed by atoms with Gasteiger partial charge in [-0.1, -0.05) is 30.3 Å². The molecule has 0 aliphatic carbocycles. The van der Waals surface area contributed by atoms with Crippen molar-refractivity contribution in [3.8, 4) is 34.6 Å². The van der Waals surface area contributed by atoms with Crippen LogP contribution < -0.4 is 19.5 Å². The number of anilines is 2. The summed E-state index contributed by atoms with van der Waals surface area (Å²) in [6, 6.07) is 17.1. The molecule has 150 valence electrons. The van der Waals surface area contributed by atoms with Crippen LogP contribution >= 0.6 is 0 Å². The van der Waals surface area contributed by atoms with Crippen LogP contribution in [0.5, 0.6) is 17.2 Å². The van der Waals surface area contributed by atoms with Crippen molar-refractivity contribution < 1.29 is 14.2 Å². The highest BCUT2D eigenvalue weighted by Gasteiger charge is 2.17. The summed E-state index contributed by atoms with van der Waals surface area (Å²) in [7, 11) is 4.65. The van der Waals surface area contributed by atoms with Crippen LogP contribution in [-0.2, 0) is 0 Å². The maximum absolute atomic E-state index is 9.49. The molecule has 2 aromatic heterocycles. The van der Waals surface area contributed by atoms with Gasteiger partial charge in [0.1, 0.15) is 23.0 Å². The molecule has 0 amide bonds. The summed E-state index contributed by atoms with van der Waals surface area (Å²) in [5.41, 5.74) is 3.30. The SMILES string of the molecule is COc1cc(Nc2nc(C#N)cc3c(-c4ccccc4)n[nH]c23)cc(OC)c1OC. The van der Waals surface area contributed by atoms with Crippen LogP contribution in [0.1, 0.15) is 5.69 Å². The number of benzene rings is 2. The number of nitrogens with one attached hydrogen (secondary N) is 2. The van der Waals surface area contributed by atoms with Crippen LogP contribution in [0.15, 0.2) is 48.5 Å². The fourth-order valence-corrected chi connectivity index (χ4v) is 3.27. The average molecular weight is 401 g/mol. The number of aromatic nitrogens is 3. The number of nitriles is 1. The van der Waals surface area contributed by atoms with Crippen molar-refractivity contribution in [3.63, 3.8) is 0 Å². The van der Waals surface area contributed by atoms with Crippen molar-refractivity contribution in [1.82, 2.24) is 15.2 Å². The van der Waals surface area contributed by atoms with Crippen molar-refractivity contribution in [3.05, 3.63) is 54.2 Å². The molecule has 0 aliphatic rings. The summed E-state index contributed by atoms with van der Waals surface area (Å²) in [4.78, 5) is 4.42. The Morgan fingerprint density at radius 3 is 2.27 bits per heavy atom. The third-order valence-corrected chi connectivity index (χ3v) is 4.64. The highest BCUT2D eigenvalue weighted by atomic mass is 16.5. The number of hydrogen-bond acceptors (Lipinski definition) is 7. The van der Waals surface area contributed by atoms with Gasteiger partial charge in [0, 0.05) is 28.8 Å². The molecule has 0 saturated heterocycles.